The van der Waals surface area contributed by atoms with E-state index in [0.717, 1.165) is 33.5 Å². The molecule has 5 aromatic carbocycles. The minimum atomic E-state index is -0.0835. The third-order valence-corrected chi connectivity index (χ3v) is 8.87. The van der Waals surface area contributed by atoms with Crippen molar-refractivity contribution < 1.29 is 0 Å². The second-order valence-corrected chi connectivity index (χ2v) is 11.4. The molecular weight excluding hydrogens is 489 g/mol. The van der Waals surface area contributed by atoms with E-state index < -0.39 is 0 Å². The first-order valence-electron chi connectivity index (χ1n) is 13.9. The molecule has 0 bridgehead atoms. The molecule has 0 saturated heterocycles. The van der Waals surface area contributed by atoms with Crippen molar-refractivity contribution in [3.05, 3.63) is 127 Å². The van der Waals surface area contributed by atoms with Crippen LogP contribution in [0.3, 0.4) is 0 Å². The summed E-state index contributed by atoms with van der Waals surface area (Å²) in [6.07, 6.45) is 0. The number of imidazole rings is 2. The molecule has 0 unspecified atom stereocenters. The topological polar surface area (TPSA) is 28.7 Å². The zero-order valence-corrected chi connectivity index (χ0v) is 22.4. The van der Waals surface area contributed by atoms with Gasteiger partial charge < -0.3 is 9.62 Å². The molecule has 190 valence electrons. The second kappa shape index (κ2) is 7.57. The molecule has 0 N–H and O–H groups in total. The van der Waals surface area contributed by atoms with Crippen molar-refractivity contribution in [1.29, 1.82) is 0 Å². The van der Waals surface area contributed by atoms with Gasteiger partial charge in [-0.25, -0.2) is 4.98 Å². The van der Waals surface area contributed by atoms with Gasteiger partial charge in [-0.1, -0.05) is 74.5 Å². The number of fused-ring (bicyclic) bond motifs is 10. The Labute approximate surface area is 232 Å². The quantitative estimate of drug-likeness (QED) is 0.218. The van der Waals surface area contributed by atoms with Crippen molar-refractivity contribution in [3.63, 3.8) is 0 Å². The molecule has 5 nitrogen and oxygen atoms in total. The van der Waals surface area contributed by atoms with Gasteiger partial charge in [0.15, 0.2) is 0 Å². The van der Waals surface area contributed by atoms with Crippen molar-refractivity contribution >= 4 is 57.6 Å². The van der Waals surface area contributed by atoms with Crippen LogP contribution in [0.4, 0.5) is 22.7 Å². The Morgan fingerprint density at radius 2 is 1.20 bits per heavy atom. The maximum absolute atomic E-state index is 5.10. The van der Waals surface area contributed by atoms with E-state index in [1.54, 1.807) is 0 Å². The third-order valence-electron chi connectivity index (χ3n) is 8.87. The Hall–Kier alpha value is -4.97. The van der Waals surface area contributed by atoms with Crippen molar-refractivity contribution in [2.24, 2.45) is 0 Å². The smallest absolute Gasteiger partial charge is 0.363 e. The Morgan fingerprint density at radius 1 is 0.575 bits per heavy atom. The summed E-state index contributed by atoms with van der Waals surface area (Å²) >= 11 is 0. The molecule has 0 fully saturated rings. The highest BCUT2D eigenvalue weighted by Gasteiger charge is 2.57. The fourth-order valence-electron chi connectivity index (χ4n) is 7.19. The molecule has 40 heavy (non-hydrogen) atoms. The monoisotopic (exact) mass is 515 g/mol. The van der Waals surface area contributed by atoms with Gasteiger partial charge in [0.25, 0.3) is 0 Å². The van der Waals surface area contributed by atoms with E-state index in [1.165, 1.54) is 28.3 Å². The minimum Gasteiger partial charge on any atom is -0.363 e. The molecule has 0 saturated carbocycles. The van der Waals surface area contributed by atoms with E-state index in [0.29, 0.717) is 0 Å². The van der Waals surface area contributed by atoms with Gasteiger partial charge in [0, 0.05) is 16.7 Å². The van der Waals surface area contributed by atoms with Crippen LogP contribution in [-0.2, 0) is 5.31 Å². The lowest BCUT2D eigenvalue weighted by molar-refractivity contribution is 0.750. The first kappa shape index (κ1) is 21.9. The number of aromatic nitrogens is 3. The number of nitrogens with zero attached hydrogens (tertiary/aromatic N) is 5. The van der Waals surface area contributed by atoms with Gasteiger partial charge in [0.05, 0.1) is 39.1 Å². The zero-order chi connectivity index (χ0) is 26.6. The van der Waals surface area contributed by atoms with Crippen LogP contribution in [0.5, 0.6) is 0 Å². The predicted octanol–water partition coefficient (Wildman–Crippen LogP) is 8.04. The van der Waals surface area contributed by atoms with Crippen LogP contribution in [0.2, 0.25) is 0 Å². The molecule has 2 aliphatic rings. The van der Waals surface area contributed by atoms with Gasteiger partial charge in [-0.05, 0) is 66.2 Å². The van der Waals surface area contributed by atoms with Gasteiger partial charge in [-0.3, -0.25) is 8.97 Å². The molecule has 0 aliphatic carbocycles. The fraction of sp³-hybridized carbons (Fsp3) is 0.0882. The summed E-state index contributed by atoms with van der Waals surface area (Å²) in [6, 6.07) is 43.6. The second-order valence-electron chi connectivity index (χ2n) is 11.4. The van der Waals surface area contributed by atoms with E-state index in [2.05, 4.69) is 154 Å². The highest BCUT2D eigenvalue weighted by atomic mass is 15.3. The molecule has 6 heteroatoms. The summed E-state index contributed by atoms with van der Waals surface area (Å²) in [7, 11) is 0. The Kier molecular flexibility index (Phi) is 4.15. The number of hydrogen-bond acceptors (Lipinski definition) is 3. The summed E-state index contributed by atoms with van der Waals surface area (Å²) in [5.74, 6) is 0.927. The molecule has 0 atom stereocenters. The highest BCUT2D eigenvalue weighted by Crippen LogP contribution is 2.56. The third kappa shape index (κ3) is 2.65. The molecule has 2 aromatic heterocycles. The lowest BCUT2D eigenvalue weighted by Gasteiger charge is -2.33. The van der Waals surface area contributed by atoms with Crippen LogP contribution in [0.1, 0.15) is 19.4 Å². The number of rotatable bonds is 2. The van der Waals surface area contributed by atoms with E-state index in [-0.39, 0.29) is 12.3 Å². The van der Waals surface area contributed by atoms with E-state index >= 15 is 0 Å². The maximum Gasteiger partial charge on any atom is 0.395 e. The summed E-state index contributed by atoms with van der Waals surface area (Å²) in [6.45, 7) is 4.88. The Morgan fingerprint density at radius 3 is 2.02 bits per heavy atom. The molecule has 0 spiro atoms. The van der Waals surface area contributed by atoms with Crippen LogP contribution < -0.4 is 9.62 Å². The van der Waals surface area contributed by atoms with Gasteiger partial charge in [-0.2, -0.15) is 0 Å². The van der Waals surface area contributed by atoms with E-state index in [9.17, 15) is 0 Å². The summed E-state index contributed by atoms with van der Waals surface area (Å²) in [5, 5.41) is -0.0835. The van der Waals surface area contributed by atoms with Crippen LogP contribution in [0.15, 0.2) is 121 Å². The summed E-state index contributed by atoms with van der Waals surface area (Å²) < 4.78 is 4.58. The Bertz CT molecular complexity index is 2140. The van der Waals surface area contributed by atoms with Crippen LogP contribution >= 0.6 is 0 Å². The highest BCUT2D eigenvalue weighted by molar-refractivity contribution is 6.77. The zero-order valence-electron chi connectivity index (χ0n) is 22.4. The number of benzene rings is 5. The summed E-state index contributed by atoms with van der Waals surface area (Å²) in [4.78, 5) is 10.2. The lowest BCUT2D eigenvalue weighted by Crippen LogP contribution is -2.52. The van der Waals surface area contributed by atoms with E-state index in [4.69, 9.17) is 4.98 Å². The number of hydrogen-bond donors (Lipinski definition) is 0. The van der Waals surface area contributed by atoms with Gasteiger partial charge in [0.2, 0.25) is 5.78 Å². The molecule has 9 rings (SSSR count). The van der Waals surface area contributed by atoms with Gasteiger partial charge in [-0.15, -0.1) is 0 Å². The molecule has 0 amide bonds. The van der Waals surface area contributed by atoms with Crippen LogP contribution in [0.25, 0.3) is 33.5 Å². The van der Waals surface area contributed by atoms with Gasteiger partial charge >= 0.3 is 6.98 Å². The standard InChI is InChI=1S/C34H26BN5/c1-34(2)25-14-3-5-16-27(25)40-32-21-10-9-20-31(32)39(35(34)40)24-13-11-12-23(22-24)37-29-18-7-8-19-30(29)38-28-17-6-4-15-26(28)36-33(37)38/h3-22H,1-2H3. The number of anilines is 4. The van der Waals surface area contributed by atoms with Crippen LogP contribution in [-0.4, -0.2) is 20.9 Å². The van der Waals surface area contributed by atoms with Crippen molar-refractivity contribution in [2.75, 3.05) is 9.62 Å². The summed E-state index contributed by atoms with van der Waals surface area (Å²) in [5.41, 5.74) is 11.9. The molecule has 0 radical (unpaired) electrons. The molecule has 7 aromatic rings. The Balaban J connectivity index is 1.29. The predicted molar refractivity (Wildman–Crippen MR) is 165 cm³/mol. The minimum absolute atomic E-state index is 0.0835. The van der Waals surface area contributed by atoms with E-state index in [1.807, 2.05) is 0 Å². The normalized spacial score (nSPS) is 15.3. The molecule has 2 aliphatic heterocycles. The average molecular weight is 515 g/mol. The van der Waals surface area contributed by atoms with Crippen molar-refractivity contribution in [2.45, 2.75) is 19.2 Å². The first-order chi connectivity index (χ1) is 19.6. The largest absolute Gasteiger partial charge is 0.395 e. The fourth-order valence-corrected chi connectivity index (χ4v) is 7.19. The maximum atomic E-state index is 5.10. The molecule has 4 heterocycles. The number of para-hydroxylation sites is 7. The van der Waals surface area contributed by atoms with Crippen LogP contribution in [0, 0.1) is 0 Å². The average Bonchev–Trinajstić information content (AvgIpc) is 3.69. The lowest BCUT2D eigenvalue weighted by atomic mass is 9.50. The van der Waals surface area contributed by atoms with Gasteiger partial charge in [0.1, 0.15) is 0 Å². The van der Waals surface area contributed by atoms with Crippen molar-refractivity contribution in [3.8, 4) is 5.69 Å². The van der Waals surface area contributed by atoms with Crippen molar-refractivity contribution in [1.82, 2.24) is 14.0 Å². The first-order valence-corrected chi connectivity index (χ1v) is 13.9. The SMILES string of the molecule is CC1(C)B2N(c3cccc(-n4c5ccccc5n5c6ccccc6nc45)c3)c3ccccc3N2c2ccccc21. The molecular formula is C34H26BN5.